The average Bonchev–Trinajstić information content (AvgIpc) is 3.12. The molecule has 1 aliphatic rings. The Bertz CT molecular complexity index is 1050. The van der Waals surface area contributed by atoms with Gasteiger partial charge in [-0.1, -0.05) is 42.5 Å². The molecule has 1 saturated heterocycles. The maximum atomic E-state index is 12.5. The summed E-state index contributed by atoms with van der Waals surface area (Å²) in [6, 6.07) is 14.4. The fraction of sp³-hybridized carbons (Fsp3) is 0.318. The number of ketones is 1. The van der Waals surface area contributed by atoms with E-state index in [0.717, 1.165) is 0 Å². The van der Waals surface area contributed by atoms with E-state index in [4.69, 9.17) is 4.74 Å². The minimum Gasteiger partial charge on any atom is -0.449 e. The van der Waals surface area contributed by atoms with Crippen LogP contribution in [0, 0.1) is 0 Å². The van der Waals surface area contributed by atoms with Gasteiger partial charge in [-0.3, -0.25) is 9.59 Å². The zero-order valence-electron chi connectivity index (χ0n) is 16.8. The van der Waals surface area contributed by atoms with Crippen molar-refractivity contribution >= 4 is 27.5 Å². The van der Waals surface area contributed by atoms with Crippen LogP contribution in [0.15, 0.2) is 54.6 Å². The topological polar surface area (TPSA) is 97.8 Å². The first kappa shape index (κ1) is 21.7. The number of esters is 1. The summed E-state index contributed by atoms with van der Waals surface area (Å²) < 4.78 is 28.5. The van der Waals surface area contributed by atoms with Gasteiger partial charge in [0.2, 0.25) is 0 Å². The van der Waals surface area contributed by atoms with Crippen LogP contribution in [-0.2, 0) is 19.4 Å². The highest BCUT2D eigenvalue weighted by Crippen LogP contribution is 2.18. The molecule has 8 heteroatoms. The van der Waals surface area contributed by atoms with Crippen molar-refractivity contribution in [1.82, 2.24) is 4.90 Å². The molecule has 2 atom stereocenters. The van der Waals surface area contributed by atoms with Crippen molar-refractivity contribution in [1.29, 1.82) is 0 Å². The van der Waals surface area contributed by atoms with Gasteiger partial charge in [0.25, 0.3) is 5.91 Å². The maximum Gasteiger partial charge on any atom is 0.338 e. The Morgan fingerprint density at radius 1 is 0.967 bits per heavy atom. The second-order valence-corrected chi connectivity index (χ2v) is 9.55. The van der Waals surface area contributed by atoms with Crippen LogP contribution in [0.2, 0.25) is 0 Å². The molecule has 0 aromatic heterocycles. The summed E-state index contributed by atoms with van der Waals surface area (Å²) in [5.41, 5.74) is 1.19. The van der Waals surface area contributed by atoms with Crippen LogP contribution in [-0.4, -0.2) is 61.7 Å². The summed E-state index contributed by atoms with van der Waals surface area (Å²) in [5.74, 6) is -1.33. The van der Waals surface area contributed by atoms with E-state index in [9.17, 15) is 22.8 Å². The summed E-state index contributed by atoms with van der Waals surface area (Å²) >= 11 is 0. The number of hydrogen-bond donors (Lipinski definition) is 0. The van der Waals surface area contributed by atoms with Crippen molar-refractivity contribution in [2.45, 2.75) is 25.5 Å². The van der Waals surface area contributed by atoms with Gasteiger partial charge in [0.1, 0.15) is 0 Å². The van der Waals surface area contributed by atoms with Crippen molar-refractivity contribution < 1.29 is 27.5 Å². The Morgan fingerprint density at radius 2 is 1.53 bits per heavy atom. The Labute approximate surface area is 175 Å². The Morgan fingerprint density at radius 3 is 2.10 bits per heavy atom. The van der Waals surface area contributed by atoms with Gasteiger partial charge in [-0.25, -0.2) is 13.2 Å². The fourth-order valence-corrected chi connectivity index (χ4v) is 5.11. The molecule has 0 radical (unpaired) electrons. The number of ether oxygens (including phenoxy) is 1. The van der Waals surface area contributed by atoms with Gasteiger partial charge in [0, 0.05) is 24.2 Å². The van der Waals surface area contributed by atoms with Gasteiger partial charge in [-0.05, 0) is 25.5 Å². The molecule has 1 aliphatic heterocycles. The Balaban J connectivity index is 1.61. The number of nitrogens with zero attached hydrogens (tertiary/aromatic N) is 1. The lowest BCUT2D eigenvalue weighted by Gasteiger charge is -2.26. The van der Waals surface area contributed by atoms with Crippen molar-refractivity contribution in [3.8, 4) is 0 Å². The molecule has 0 N–H and O–H groups in total. The number of benzene rings is 2. The minimum absolute atomic E-state index is 0.0531. The van der Waals surface area contributed by atoms with Gasteiger partial charge in [0.05, 0.1) is 17.1 Å². The van der Waals surface area contributed by atoms with E-state index < -0.39 is 33.9 Å². The fourth-order valence-electron chi connectivity index (χ4n) is 3.34. The molecule has 1 heterocycles. The third kappa shape index (κ3) is 4.94. The number of sulfone groups is 1. The predicted molar refractivity (Wildman–Crippen MR) is 111 cm³/mol. The molecule has 0 unspecified atom stereocenters. The average molecular weight is 429 g/mol. The highest BCUT2D eigenvalue weighted by molar-refractivity contribution is 7.91. The molecule has 30 heavy (non-hydrogen) atoms. The Kier molecular flexibility index (Phi) is 6.36. The predicted octanol–water partition coefficient (Wildman–Crippen LogP) is 2.11. The molecule has 158 valence electrons. The Hall–Kier alpha value is -3.00. The van der Waals surface area contributed by atoms with E-state index in [2.05, 4.69) is 0 Å². The first-order valence-corrected chi connectivity index (χ1v) is 11.4. The van der Waals surface area contributed by atoms with E-state index in [1.54, 1.807) is 24.3 Å². The van der Waals surface area contributed by atoms with Crippen LogP contribution in [0.4, 0.5) is 0 Å². The number of amides is 1. The smallest absolute Gasteiger partial charge is 0.338 e. The van der Waals surface area contributed by atoms with Crippen LogP contribution in [0.5, 0.6) is 0 Å². The first-order chi connectivity index (χ1) is 14.2. The van der Waals surface area contributed by atoms with Crippen LogP contribution in [0.3, 0.4) is 0 Å². The molecule has 2 aromatic rings. The van der Waals surface area contributed by atoms with Gasteiger partial charge >= 0.3 is 5.97 Å². The highest BCUT2D eigenvalue weighted by atomic mass is 32.2. The monoisotopic (exact) mass is 429 g/mol. The highest BCUT2D eigenvalue weighted by Gasteiger charge is 2.35. The number of carbonyl (C=O) groups excluding carboxylic acids is 3. The lowest BCUT2D eigenvalue weighted by molar-refractivity contribution is -0.140. The van der Waals surface area contributed by atoms with E-state index in [1.807, 2.05) is 6.07 Å². The summed E-state index contributed by atoms with van der Waals surface area (Å²) in [7, 11) is -1.61. The number of likely N-dealkylation sites (N-methyl/N-ethyl adjacent to an activating group) is 1. The summed E-state index contributed by atoms with van der Waals surface area (Å²) in [5, 5.41) is 0. The van der Waals surface area contributed by atoms with Crippen molar-refractivity contribution in [2.24, 2.45) is 0 Å². The van der Waals surface area contributed by atoms with E-state index >= 15 is 0 Å². The van der Waals surface area contributed by atoms with E-state index in [0.29, 0.717) is 17.5 Å². The minimum atomic E-state index is -3.13. The molecule has 0 saturated carbocycles. The number of hydrogen-bond acceptors (Lipinski definition) is 6. The molecule has 0 bridgehead atoms. The summed E-state index contributed by atoms with van der Waals surface area (Å²) in [4.78, 5) is 38.7. The quantitative estimate of drug-likeness (QED) is 0.515. The summed E-state index contributed by atoms with van der Waals surface area (Å²) in [6.07, 6.45) is -0.682. The SMILES string of the molecule is C[C@@H](OC(=O)c1ccc(C(=O)c2ccccc2)cc1)C(=O)N(C)[C@@H]1CCS(=O)(=O)C1. The largest absolute Gasteiger partial charge is 0.449 e. The van der Waals surface area contributed by atoms with Crippen molar-refractivity contribution in [3.05, 3.63) is 71.3 Å². The van der Waals surface area contributed by atoms with Gasteiger partial charge in [-0.2, -0.15) is 0 Å². The standard InChI is InChI=1S/C22H23NO6S/c1-15(21(25)23(2)19-12-13-30(27,28)14-19)29-22(26)18-10-8-17(9-11-18)20(24)16-6-4-3-5-7-16/h3-11,15,19H,12-14H2,1-2H3/t15-,19-/m1/s1. The molecule has 0 aliphatic carbocycles. The van der Waals surface area contributed by atoms with Gasteiger partial charge in [0.15, 0.2) is 21.7 Å². The molecule has 1 amide bonds. The maximum absolute atomic E-state index is 12.5. The molecular formula is C22H23NO6S. The second-order valence-electron chi connectivity index (χ2n) is 7.33. The molecule has 3 rings (SSSR count). The molecule has 7 nitrogen and oxygen atoms in total. The zero-order valence-corrected chi connectivity index (χ0v) is 17.6. The van der Waals surface area contributed by atoms with Crippen molar-refractivity contribution in [3.63, 3.8) is 0 Å². The third-order valence-electron chi connectivity index (χ3n) is 5.15. The van der Waals surface area contributed by atoms with E-state index in [-0.39, 0.29) is 22.9 Å². The molecule has 2 aromatic carbocycles. The molecule has 1 fully saturated rings. The third-order valence-corrected chi connectivity index (χ3v) is 6.90. The van der Waals surface area contributed by atoms with E-state index in [1.165, 1.54) is 43.1 Å². The molecule has 0 spiro atoms. The van der Waals surface area contributed by atoms with Crippen LogP contribution in [0.25, 0.3) is 0 Å². The zero-order chi connectivity index (χ0) is 21.9. The van der Waals surface area contributed by atoms with Crippen LogP contribution in [0.1, 0.15) is 39.6 Å². The lowest BCUT2D eigenvalue weighted by Crippen LogP contribution is -2.44. The number of rotatable bonds is 6. The summed E-state index contributed by atoms with van der Waals surface area (Å²) in [6.45, 7) is 1.45. The number of carbonyl (C=O) groups is 3. The lowest BCUT2D eigenvalue weighted by atomic mass is 10.0. The second kappa shape index (κ2) is 8.79. The van der Waals surface area contributed by atoms with Crippen LogP contribution >= 0.6 is 0 Å². The first-order valence-electron chi connectivity index (χ1n) is 9.56. The van der Waals surface area contributed by atoms with Gasteiger partial charge < -0.3 is 9.64 Å². The van der Waals surface area contributed by atoms with Crippen LogP contribution < -0.4 is 0 Å². The van der Waals surface area contributed by atoms with Crippen molar-refractivity contribution in [2.75, 3.05) is 18.6 Å². The normalized spacial score (nSPS) is 18.4. The van der Waals surface area contributed by atoms with Gasteiger partial charge in [-0.15, -0.1) is 0 Å². The molecular weight excluding hydrogens is 406 g/mol.